The van der Waals surface area contributed by atoms with Crippen molar-refractivity contribution in [2.75, 3.05) is 10.6 Å². The topological polar surface area (TPSA) is 63.1 Å². The monoisotopic (exact) mass is 385 g/mol. The number of anilines is 2. The van der Waals surface area contributed by atoms with Gasteiger partial charge in [0.05, 0.1) is 6.42 Å². The fourth-order valence-corrected chi connectivity index (χ4v) is 3.70. The zero-order valence-electron chi connectivity index (χ0n) is 16.7. The number of aromatic nitrogens is 1. The molecule has 146 valence electrons. The molecule has 0 saturated carbocycles. The van der Waals surface area contributed by atoms with Crippen molar-refractivity contribution in [1.82, 2.24) is 4.57 Å². The van der Waals surface area contributed by atoms with Gasteiger partial charge in [-0.2, -0.15) is 0 Å². The van der Waals surface area contributed by atoms with Gasteiger partial charge in [-0.05, 0) is 74.4 Å². The van der Waals surface area contributed by atoms with Gasteiger partial charge >= 0.3 is 0 Å². The summed E-state index contributed by atoms with van der Waals surface area (Å²) in [7, 11) is 0. The number of rotatable bonds is 4. The zero-order valence-corrected chi connectivity index (χ0v) is 16.7. The van der Waals surface area contributed by atoms with Crippen LogP contribution in [0.3, 0.4) is 0 Å². The molecular weight excluding hydrogens is 362 g/mol. The minimum atomic E-state index is -0.206. The smallest absolute Gasteiger partial charge is 0.248 e. The molecule has 4 rings (SSSR count). The number of nitrogens with one attached hydrogen (secondary N) is 2. The summed E-state index contributed by atoms with van der Waals surface area (Å²) in [6, 6.07) is 15.9. The molecule has 1 aliphatic heterocycles. The Balaban J connectivity index is 1.50. The summed E-state index contributed by atoms with van der Waals surface area (Å²) in [5.74, 6) is -0.227. The van der Waals surface area contributed by atoms with Crippen LogP contribution in [0.5, 0.6) is 0 Å². The Labute approximate surface area is 170 Å². The van der Waals surface area contributed by atoms with Crippen molar-refractivity contribution in [1.29, 1.82) is 0 Å². The fraction of sp³-hybridized carbons (Fsp3) is 0.167. The first-order valence-corrected chi connectivity index (χ1v) is 9.58. The van der Waals surface area contributed by atoms with E-state index in [4.69, 9.17) is 0 Å². The molecule has 3 aromatic rings. The Morgan fingerprint density at radius 1 is 1.07 bits per heavy atom. The predicted octanol–water partition coefficient (Wildman–Crippen LogP) is 4.55. The van der Waals surface area contributed by atoms with Crippen LogP contribution in [0.25, 0.3) is 11.8 Å². The van der Waals surface area contributed by atoms with Gasteiger partial charge in [0.15, 0.2) is 0 Å². The highest BCUT2D eigenvalue weighted by atomic mass is 16.2. The van der Waals surface area contributed by atoms with E-state index in [1.54, 1.807) is 6.07 Å². The van der Waals surface area contributed by atoms with Crippen LogP contribution < -0.4 is 10.6 Å². The van der Waals surface area contributed by atoms with E-state index in [1.807, 2.05) is 18.2 Å². The van der Waals surface area contributed by atoms with E-state index in [2.05, 4.69) is 66.3 Å². The summed E-state index contributed by atoms with van der Waals surface area (Å²) in [6.07, 6.45) is 3.72. The first-order valence-electron chi connectivity index (χ1n) is 9.58. The third-order valence-corrected chi connectivity index (χ3v) is 5.17. The van der Waals surface area contributed by atoms with Crippen molar-refractivity contribution in [3.63, 3.8) is 0 Å². The number of benzene rings is 2. The normalized spacial score (nSPS) is 12.9. The van der Waals surface area contributed by atoms with Gasteiger partial charge in [-0.3, -0.25) is 9.59 Å². The Bertz CT molecular complexity index is 1140. The first-order chi connectivity index (χ1) is 13.9. The van der Waals surface area contributed by atoms with E-state index in [9.17, 15) is 9.59 Å². The predicted molar refractivity (Wildman–Crippen MR) is 116 cm³/mol. The van der Waals surface area contributed by atoms with Crippen LogP contribution in [0.4, 0.5) is 11.4 Å². The Morgan fingerprint density at radius 3 is 2.59 bits per heavy atom. The highest BCUT2D eigenvalue weighted by molar-refractivity contribution is 6.03. The number of amides is 2. The largest absolute Gasteiger partial charge is 0.326 e. The van der Waals surface area contributed by atoms with Gasteiger partial charge in [0, 0.05) is 34.5 Å². The maximum atomic E-state index is 12.4. The second kappa shape index (κ2) is 7.43. The van der Waals surface area contributed by atoms with Crippen LogP contribution in [0, 0.1) is 20.8 Å². The molecule has 1 aliphatic rings. The van der Waals surface area contributed by atoms with Crippen LogP contribution in [0.15, 0.2) is 54.6 Å². The molecule has 2 heterocycles. The molecule has 0 bridgehead atoms. The molecule has 0 aliphatic carbocycles. The van der Waals surface area contributed by atoms with Crippen molar-refractivity contribution in [3.8, 4) is 5.69 Å². The lowest BCUT2D eigenvalue weighted by atomic mass is 10.1. The van der Waals surface area contributed by atoms with Gasteiger partial charge in [-0.15, -0.1) is 0 Å². The molecule has 5 nitrogen and oxygen atoms in total. The summed E-state index contributed by atoms with van der Waals surface area (Å²) >= 11 is 0. The number of aryl methyl sites for hydroxylation is 2. The zero-order chi connectivity index (χ0) is 20.5. The summed E-state index contributed by atoms with van der Waals surface area (Å²) in [4.78, 5) is 23.8. The van der Waals surface area contributed by atoms with Crippen LogP contribution in [-0.2, 0) is 16.0 Å². The highest BCUT2D eigenvalue weighted by Crippen LogP contribution is 2.26. The SMILES string of the molecule is Cc1ccc(-n2c(C)cc(/C=C/C(=O)Nc3ccc4c(c3)CC(=O)N4)c2C)cc1. The van der Waals surface area contributed by atoms with E-state index < -0.39 is 0 Å². The minimum Gasteiger partial charge on any atom is -0.326 e. The van der Waals surface area contributed by atoms with Crippen molar-refractivity contribution < 1.29 is 9.59 Å². The van der Waals surface area contributed by atoms with Crippen LogP contribution in [-0.4, -0.2) is 16.4 Å². The summed E-state index contributed by atoms with van der Waals surface area (Å²) in [6.45, 7) is 6.18. The first kappa shape index (κ1) is 18.7. The van der Waals surface area contributed by atoms with Gasteiger partial charge in [0.2, 0.25) is 11.8 Å². The molecule has 5 heteroatoms. The van der Waals surface area contributed by atoms with E-state index in [-0.39, 0.29) is 11.8 Å². The quantitative estimate of drug-likeness (QED) is 0.647. The molecule has 0 atom stereocenters. The van der Waals surface area contributed by atoms with Crippen LogP contribution >= 0.6 is 0 Å². The van der Waals surface area contributed by atoms with Crippen molar-refractivity contribution >= 4 is 29.3 Å². The summed E-state index contributed by atoms with van der Waals surface area (Å²) < 4.78 is 2.18. The average molecular weight is 385 g/mol. The Morgan fingerprint density at radius 2 is 1.83 bits per heavy atom. The summed E-state index contributed by atoms with van der Waals surface area (Å²) in [5.41, 5.74) is 7.92. The summed E-state index contributed by atoms with van der Waals surface area (Å²) in [5, 5.41) is 5.65. The molecule has 0 radical (unpaired) electrons. The molecule has 29 heavy (non-hydrogen) atoms. The van der Waals surface area contributed by atoms with Gasteiger partial charge in [0.25, 0.3) is 0 Å². The molecule has 2 N–H and O–H groups in total. The minimum absolute atomic E-state index is 0.0210. The number of hydrogen-bond acceptors (Lipinski definition) is 2. The maximum absolute atomic E-state index is 12.4. The van der Waals surface area contributed by atoms with Gasteiger partial charge in [-0.1, -0.05) is 17.7 Å². The molecule has 0 unspecified atom stereocenters. The van der Waals surface area contributed by atoms with E-state index in [0.717, 1.165) is 33.9 Å². The third-order valence-electron chi connectivity index (χ3n) is 5.17. The highest BCUT2D eigenvalue weighted by Gasteiger charge is 2.17. The number of fused-ring (bicyclic) bond motifs is 1. The second-order valence-electron chi connectivity index (χ2n) is 7.42. The number of hydrogen-bond donors (Lipinski definition) is 2. The number of nitrogens with zero attached hydrogens (tertiary/aromatic N) is 1. The van der Waals surface area contributed by atoms with Crippen molar-refractivity contribution in [2.45, 2.75) is 27.2 Å². The molecule has 0 fully saturated rings. The standard InChI is InChI=1S/C24H23N3O2/c1-15-4-8-21(9-5-15)27-16(2)12-18(17(27)3)6-11-23(28)25-20-7-10-22-19(13-20)14-24(29)26-22/h4-13H,14H2,1-3H3,(H,25,28)(H,26,29)/b11-6+. The van der Waals surface area contributed by atoms with E-state index >= 15 is 0 Å². The lowest BCUT2D eigenvalue weighted by Gasteiger charge is -2.10. The molecule has 2 aromatic carbocycles. The lowest BCUT2D eigenvalue weighted by molar-refractivity contribution is -0.115. The Kier molecular flexibility index (Phi) is 4.80. The Hall–Kier alpha value is -3.60. The molecule has 0 spiro atoms. The van der Waals surface area contributed by atoms with E-state index in [0.29, 0.717) is 12.1 Å². The number of carbonyl (C=O) groups is 2. The molecule has 1 aromatic heterocycles. The van der Waals surface area contributed by atoms with Gasteiger partial charge < -0.3 is 15.2 Å². The molecule has 2 amide bonds. The third kappa shape index (κ3) is 3.85. The number of carbonyl (C=O) groups excluding carboxylic acids is 2. The lowest BCUT2D eigenvalue weighted by Crippen LogP contribution is -2.07. The maximum Gasteiger partial charge on any atom is 0.248 e. The second-order valence-corrected chi connectivity index (χ2v) is 7.42. The van der Waals surface area contributed by atoms with Crippen LogP contribution in [0.1, 0.15) is 28.1 Å². The van der Waals surface area contributed by atoms with E-state index in [1.165, 1.54) is 11.6 Å². The average Bonchev–Trinajstić information content (AvgIpc) is 3.18. The van der Waals surface area contributed by atoms with Crippen molar-refractivity contribution in [3.05, 3.63) is 82.7 Å². The molecule has 0 saturated heterocycles. The molecular formula is C24H23N3O2. The van der Waals surface area contributed by atoms with Gasteiger partial charge in [-0.25, -0.2) is 0 Å². The van der Waals surface area contributed by atoms with Crippen LogP contribution in [0.2, 0.25) is 0 Å². The van der Waals surface area contributed by atoms with Crippen molar-refractivity contribution in [2.24, 2.45) is 0 Å². The van der Waals surface area contributed by atoms with Gasteiger partial charge in [0.1, 0.15) is 0 Å². The fourth-order valence-electron chi connectivity index (χ4n) is 3.70.